The molecule has 1 aromatic heterocycles. The third-order valence-corrected chi connectivity index (χ3v) is 4.04. The fourth-order valence-corrected chi connectivity index (χ4v) is 2.94. The van der Waals surface area contributed by atoms with E-state index in [2.05, 4.69) is 23.3 Å². The molecule has 0 aliphatic rings. The number of thiazole rings is 1. The van der Waals surface area contributed by atoms with E-state index in [-0.39, 0.29) is 6.04 Å². The van der Waals surface area contributed by atoms with Gasteiger partial charge in [0.25, 0.3) is 0 Å². The average molecular weight is 269 g/mol. The molecule has 96 valence electrons. The smallest absolute Gasteiger partial charge is 0.184 e. The van der Waals surface area contributed by atoms with Gasteiger partial charge in [-0.3, -0.25) is 0 Å². The average Bonchev–Trinajstić information content (AvgIpc) is 2.81. The van der Waals surface area contributed by atoms with Crippen LogP contribution in [0, 0.1) is 0 Å². The van der Waals surface area contributed by atoms with Crippen LogP contribution < -0.4 is 11.1 Å². The van der Waals surface area contributed by atoms with E-state index in [4.69, 9.17) is 5.73 Å². The van der Waals surface area contributed by atoms with Crippen LogP contribution in [0.15, 0.2) is 48.5 Å². The Morgan fingerprint density at radius 2 is 1.84 bits per heavy atom. The number of benzene rings is 2. The van der Waals surface area contributed by atoms with Gasteiger partial charge in [0.15, 0.2) is 5.13 Å². The Bertz CT molecular complexity index is 655. The number of hydrogen-bond donors (Lipinski definition) is 2. The molecular formula is C15H15N3S. The van der Waals surface area contributed by atoms with Crippen LogP contribution in [0.5, 0.6) is 0 Å². The number of hydrogen-bond acceptors (Lipinski definition) is 4. The zero-order valence-electron chi connectivity index (χ0n) is 10.6. The van der Waals surface area contributed by atoms with Crippen LogP contribution in [-0.4, -0.2) is 4.98 Å². The van der Waals surface area contributed by atoms with Crippen LogP contribution in [0.25, 0.3) is 10.2 Å². The highest BCUT2D eigenvalue weighted by Crippen LogP contribution is 2.28. The maximum atomic E-state index is 5.70. The molecule has 2 aromatic carbocycles. The molecule has 0 amide bonds. The van der Waals surface area contributed by atoms with Crippen LogP contribution in [0.2, 0.25) is 0 Å². The van der Waals surface area contributed by atoms with E-state index in [0.29, 0.717) is 0 Å². The number of para-hydroxylation sites is 1. The predicted octanol–water partition coefficient (Wildman–Crippen LogP) is 4.05. The Kier molecular flexibility index (Phi) is 3.09. The summed E-state index contributed by atoms with van der Waals surface area (Å²) < 4.78 is 1.20. The highest BCUT2D eigenvalue weighted by molar-refractivity contribution is 7.22. The highest BCUT2D eigenvalue weighted by atomic mass is 32.1. The number of nitrogen functional groups attached to an aromatic ring is 1. The number of nitrogens with one attached hydrogen (secondary N) is 1. The Hall–Kier alpha value is -2.07. The van der Waals surface area contributed by atoms with E-state index >= 15 is 0 Å². The van der Waals surface area contributed by atoms with Crippen molar-refractivity contribution in [2.45, 2.75) is 13.0 Å². The molecule has 0 spiro atoms. The van der Waals surface area contributed by atoms with Gasteiger partial charge >= 0.3 is 0 Å². The molecule has 0 radical (unpaired) electrons. The second-order valence-corrected chi connectivity index (χ2v) is 5.55. The lowest BCUT2D eigenvalue weighted by molar-refractivity contribution is 0.883. The highest BCUT2D eigenvalue weighted by Gasteiger charge is 2.08. The normalized spacial score (nSPS) is 12.5. The van der Waals surface area contributed by atoms with Crippen molar-refractivity contribution >= 4 is 32.4 Å². The molecule has 1 atom stereocenters. The molecule has 0 saturated heterocycles. The second kappa shape index (κ2) is 4.90. The van der Waals surface area contributed by atoms with E-state index < -0.39 is 0 Å². The number of rotatable bonds is 3. The fourth-order valence-electron chi connectivity index (χ4n) is 1.99. The molecule has 0 saturated carbocycles. The molecule has 3 N–H and O–H groups in total. The minimum absolute atomic E-state index is 0.209. The zero-order chi connectivity index (χ0) is 13.2. The Morgan fingerprint density at radius 3 is 2.58 bits per heavy atom. The van der Waals surface area contributed by atoms with Gasteiger partial charge in [-0.1, -0.05) is 35.6 Å². The van der Waals surface area contributed by atoms with Crippen molar-refractivity contribution in [3.05, 3.63) is 54.1 Å². The summed E-state index contributed by atoms with van der Waals surface area (Å²) in [6.45, 7) is 2.12. The van der Waals surface area contributed by atoms with Crippen molar-refractivity contribution < 1.29 is 0 Å². The fraction of sp³-hybridized carbons (Fsp3) is 0.133. The van der Waals surface area contributed by atoms with Crippen LogP contribution in [0.3, 0.4) is 0 Å². The molecule has 0 fully saturated rings. The minimum atomic E-state index is 0.209. The van der Waals surface area contributed by atoms with Crippen LogP contribution in [0.1, 0.15) is 18.5 Å². The summed E-state index contributed by atoms with van der Waals surface area (Å²) >= 11 is 1.68. The lowest BCUT2D eigenvalue weighted by Crippen LogP contribution is -2.06. The summed E-state index contributed by atoms with van der Waals surface area (Å²) in [5, 5.41) is 4.38. The molecule has 1 unspecified atom stereocenters. The van der Waals surface area contributed by atoms with Crippen molar-refractivity contribution in [1.82, 2.24) is 4.98 Å². The summed E-state index contributed by atoms with van der Waals surface area (Å²) in [4.78, 5) is 4.58. The topological polar surface area (TPSA) is 50.9 Å². The minimum Gasteiger partial charge on any atom is -0.399 e. The monoisotopic (exact) mass is 269 g/mol. The molecule has 3 aromatic rings. The third-order valence-electron chi connectivity index (χ3n) is 3.07. The van der Waals surface area contributed by atoms with Crippen molar-refractivity contribution in [2.75, 3.05) is 11.1 Å². The number of anilines is 2. The van der Waals surface area contributed by atoms with Crippen LogP contribution in [-0.2, 0) is 0 Å². The number of aromatic nitrogens is 1. The van der Waals surface area contributed by atoms with Gasteiger partial charge < -0.3 is 11.1 Å². The molecule has 0 aliphatic heterocycles. The first-order valence-corrected chi connectivity index (χ1v) is 7.01. The Labute approximate surface area is 116 Å². The summed E-state index contributed by atoms with van der Waals surface area (Å²) in [6, 6.07) is 16.3. The largest absolute Gasteiger partial charge is 0.399 e. The SMILES string of the molecule is CC(Nc1nc2ccccc2s1)c1ccc(N)cc1. The van der Waals surface area contributed by atoms with Gasteiger partial charge in [-0.15, -0.1) is 0 Å². The Balaban J connectivity index is 1.82. The summed E-state index contributed by atoms with van der Waals surface area (Å²) in [5.41, 5.74) is 8.73. The molecule has 3 rings (SSSR count). The van der Waals surface area contributed by atoms with Gasteiger partial charge in [0, 0.05) is 5.69 Å². The van der Waals surface area contributed by atoms with Crippen molar-refractivity contribution in [1.29, 1.82) is 0 Å². The van der Waals surface area contributed by atoms with Crippen LogP contribution in [0.4, 0.5) is 10.8 Å². The van der Waals surface area contributed by atoms with Gasteiger partial charge in [-0.05, 0) is 36.8 Å². The maximum absolute atomic E-state index is 5.70. The second-order valence-electron chi connectivity index (χ2n) is 4.52. The maximum Gasteiger partial charge on any atom is 0.184 e. The van der Waals surface area contributed by atoms with Crippen molar-refractivity contribution in [3.8, 4) is 0 Å². The van der Waals surface area contributed by atoms with Gasteiger partial charge in [0.05, 0.1) is 16.3 Å². The van der Waals surface area contributed by atoms with E-state index in [9.17, 15) is 0 Å². The molecule has 1 heterocycles. The lowest BCUT2D eigenvalue weighted by atomic mass is 10.1. The summed E-state index contributed by atoms with van der Waals surface area (Å²) in [5.74, 6) is 0. The first-order valence-electron chi connectivity index (χ1n) is 6.20. The van der Waals surface area contributed by atoms with E-state index in [1.54, 1.807) is 11.3 Å². The molecular weight excluding hydrogens is 254 g/mol. The van der Waals surface area contributed by atoms with Crippen LogP contribution >= 0.6 is 11.3 Å². The summed E-state index contributed by atoms with van der Waals surface area (Å²) in [7, 11) is 0. The number of fused-ring (bicyclic) bond motifs is 1. The van der Waals surface area contributed by atoms with Crippen molar-refractivity contribution in [3.63, 3.8) is 0 Å². The van der Waals surface area contributed by atoms with Gasteiger partial charge in [-0.25, -0.2) is 4.98 Å². The van der Waals surface area contributed by atoms with E-state index in [0.717, 1.165) is 16.3 Å². The quantitative estimate of drug-likeness (QED) is 0.705. The molecule has 0 aliphatic carbocycles. The third kappa shape index (κ3) is 2.53. The van der Waals surface area contributed by atoms with Gasteiger partial charge in [-0.2, -0.15) is 0 Å². The molecule has 19 heavy (non-hydrogen) atoms. The Morgan fingerprint density at radius 1 is 1.11 bits per heavy atom. The number of nitrogens with two attached hydrogens (primary N) is 1. The summed E-state index contributed by atoms with van der Waals surface area (Å²) in [6.07, 6.45) is 0. The standard InChI is InChI=1S/C15H15N3S/c1-10(11-6-8-12(16)9-7-11)17-15-18-13-4-2-3-5-14(13)19-15/h2-10H,16H2,1H3,(H,17,18). The lowest BCUT2D eigenvalue weighted by Gasteiger charge is -2.13. The predicted molar refractivity (Wildman–Crippen MR) is 82.5 cm³/mol. The zero-order valence-corrected chi connectivity index (χ0v) is 11.4. The van der Waals surface area contributed by atoms with Crippen molar-refractivity contribution in [2.24, 2.45) is 0 Å². The molecule has 0 bridgehead atoms. The molecule has 4 heteroatoms. The first-order chi connectivity index (χ1) is 9.22. The van der Waals surface area contributed by atoms with Gasteiger partial charge in [0.2, 0.25) is 0 Å². The van der Waals surface area contributed by atoms with Gasteiger partial charge in [0.1, 0.15) is 0 Å². The molecule has 3 nitrogen and oxygen atoms in total. The number of nitrogens with zero attached hydrogens (tertiary/aromatic N) is 1. The van der Waals surface area contributed by atoms with E-state index in [1.807, 2.05) is 42.5 Å². The first kappa shape index (κ1) is 12.0. The van der Waals surface area contributed by atoms with E-state index in [1.165, 1.54) is 10.3 Å².